The highest BCUT2D eigenvalue weighted by molar-refractivity contribution is 5.90. The number of halogens is 1. The molecule has 0 radical (unpaired) electrons. The molecule has 0 aliphatic carbocycles. The van der Waals surface area contributed by atoms with Gasteiger partial charge < -0.3 is 14.4 Å². The lowest BCUT2D eigenvalue weighted by Crippen LogP contribution is -2.24. The second kappa shape index (κ2) is 7.94. The van der Waals surface area contributed by atoms with Gasteiger partial charge >= 0.3 is 0 Å². The summed E-state index contributed by atoms with van der Waals surface area (Å²) in [6.45, 7) is 6.03. The third-order valence-electron chi connectivity index (χ3n) is 5.56. The van der Waals surface area contributed by atoms with E-state index < -0.39 is 0 Å². The van der Waals surface area contributed by atoms with Gasteiger partial charge in [0.05, 0.1) is 5.56 Å². The van der Waals surface area contributed by atoms with Gasteiger partial charge in [0.15, 0.2) is 0 Å². The molecule has 0 atom stereocenters. The minimum atomic E-state index is 0. The second-order valence-electron chi connectivity index (χ2n) is 7.68. The molecule has 1 aliphatic rings. The molecule has 0 saturated heterocycles. The molecule has 30 heavy (non-hydrogen) atoms. The van der Waals surface area contributed by atoms with Crippen LogP contribution in [-0.2, 0) is 13.0 Å². The van der Waals surface area contributed by atoms with E-state index in [1.165, 1.54) is 11.1 Å². The predicted octanol–water partition coefficient (Wildman–Crippen LogP) is 4.88. The third-order valence-corrected chi connectivity index (χ3v) is 5.56. The van der Waals surface area contributed by atoms with Crippen molar-refractivity contribution in [1.29, 1.82) is 5.26 Å². The molecular formula is C23H22ClN5O. The number of hydrogen-bond donors (Lipinski definition) is 1. The molecule has 0 bridgehead atoms. The molecule has 0 amide bonds. The lowest BCUT2D eigenvalue weighted by Gasteiger charge is -2.18. The van der Waals surface area contributed by atoms with Crippen molar-refractivity contribution < 1.29 is 4.52 Å². The Kier molecular flexibility index (Phi) is 5.33. The number of aromatic nitrogens is 3. The molecule has 4 aromatic rings. The Morgan fingerprint density at radius 2 is 2.10 bits per heavy atom. The predicted molar refractivity (Wildman–Crippen MR) is 118 cm³/mol. The van der Waals surface area contributed by atoms with Crippen molar-refractivity contribution in [1.82, 2.24) is 20.0 Å². The summed E-state index contributed by atoms with van der Waals surface area (Å²) in [6.07, 6.45) is 2.86. The van der Waals surface area contributed by atoms with Crippen molar-refractivity contribution in [3.63, 3.8) is 0 Å². The van der Waals surface area contributed by atoms with Crippen molar-refractivity contribution in [2.75, 3.05) is 6.54 Å². The lowest BCUT2D eigenvalue weighted by molar-refractivity contribution is 0.432. The van der Waals surface area contributed by atoms with Crippen LogP contribution in [0.15, 0.2) is 47.1 Å². The summed E-state index contributed by atoms with van der Waals surface area (Å²) in [5, 5.41) is 18.1. The standard InChI is InChI=1S/C23H21N5O.ClH/c1-14(2)28-13-17(11-24)20-10-15(6-7-21(20)28)23-26-22(27-29-23)19-5-3-4-16-12-25-9-8-18(16)19;/h3-7,10,13-14,25H,8-9,12H2,1-2H3;1H. The number of benzene rings is 2. The minimum absolute atomic E-state index is 0. The lowest BCUT2D eigenvalue weighted by atomic mass is 9.95. The van der Waals surface area contributed by atoms with E-state index >= 15 is 0 Å². The van der Waals surface area contributed by atoms with E-state index in [4.69, 9.17) is 4.52 Å². The van der Waals surface area contributed by atoms with Crippen LogP contribution in [0, 0.1) is 11.3 Å². The fourth-order valence-electron chi connectivity index (χ4n) is 4.10. The molecule has 6 nitrogen and oxygen atoms in total. The van der Waals surface area contributed by atoms with Crippen LogP contribution in [0.4, 0.5) is 0 Å². The van der Waals surface area contributed by atoms with Crippen molar-refractivity contribution in [3.8, 4) is 28.9 Å². The summed E-state index contributed by atoms with van der Waals surface area (Å²) >= 11 is 0. The highest BCUT2D eigenvalue weighted by atomic mass is 35.5. The third kappa shape index (κ3) is 3.26. The Labute approximate surface area is 180 Å². The van der Waals surface area contributed by atoms with Gasteiger partial charge in [0, 0.05) is 40.8 Å². The van der Waals surface area contributed by atoms with Crippen LogP contribution < -0.4 is 5.32 Å². The minimum Gasteiger partial charge on any atom is -0.344 e. The SMILES string of the molecule is CC(C)n1cc(C#N)c2cc(-c3nc(-c4cccc5c4CCNC5)no3)ccc21.Cl. The number of rotatable bonds is 3. The van der Waals surface area contributed by atoms with Crippen molar-refractivity contribution in [3.05, 3.63) is 59.3 Å². The Morgan fingerprint density at radius 3 is 2.90 bits per heavy atom. The Morgan fingerprint density at radius 1 is 1.23 bits per heavy atom. The van der Waals surface area contributed by atoms with Crippen LogP contribution in [-0.4, -0.2) is 21.3 Å². The molecular weight excluding hydrogens is 398 g/mol. The van der Waals surface area contributed by atoms with Gasteiger partial charge in [-0.1, -0.05) is 23.4 Å². The van der Waals surface area contributed by atoms with Crippen LogP contribution in [0.3, 0.4) is 0 Å². The van der Waals surface area contributed by atoms with Gasteiger partial charge in [0.1, 0.15) is 6.07 Å². The van der Waals surface area contributed by atoms with Gasteiger partial charge in [-0.15, -0.1) is 12.4 Å². The van der Waals surface area contributed by atoms with Crippen molar-refractivity contribution in [2.24, 2.45) is 0 Å². The first-order valence-corrected chi connectivity index (χ1v) is 9.86. The molecule has 5 rings (SSSR count). The zero-order valence-electron chi connectivity index (χ0n) is 16.8. The van der Waals surface area contributed by atoms with Gasteiger partial charge in [0.25, 0.3) is 5.89 Å². The van der Waals surface area contributed by atoms with E-state index in [2.05, 4.69) is 52.1 Å². The van der Waals surface area contributed by atoms with Crippen LogP contribution in [0.2, 0.25) is 0 Å². The Balaban J connectivity index is 0.00000218. The normalized spacial score (nSPS) is 13.1. The van der Waals surface area contributed by atoms with Gasteiger partial charge in [-0.2, -0.15) is 10.2 Å². The van der Waals surface area contributed by atoms with E-state index in [9.17, 15) is 5.26 Å². The van der Waals surface area contributed by atoms with Crippen LogP contribution in [0.1, 0.15) is 36.6 Å². The topological polar surface area (TPSA) is 79.7 Å². The number of hydrogen-bond acceptors (Lipinski definition) is 5. The maximum Gasteiger partial charge on any atom is 0.258 e. The van der Waals surface area contributed by atoms with Crippen LogP contribution in [0.5, 0.6) is 0 Å². The molecule has 0 saturated carbocycles. The summed E-state index contributed by atoms with van der Waals surface area (Å²) < 4.78 is 7.72. The molecule has 7 heteroatoms. The van der Waals surface area contributed by atoms with Crippen molar-refractivity contribution in [2.45, 2.75) is 32.9 Å². The van der Waals surface area contributed by atoms with E-state index in [-0.39, 0.29) is 18.4 Å². The second-order valence-corrected chi connectivity index (χ2v) is 7.68. The smallest absolute Gasteiger partial charge is 0.258 e. The van der Waals surface area contributed by atoms with E-state index in [0.717, 1.165) is 41.5 Å². The van der Waals surface area contributed by atoms with Gasteiger partial charge in [-0.25, -0.2) is 0 Å². The number of nitrogens with one attached hydrogen (secondary N) is 1. The molecule has 152 valence electrons. The monoisotopic (exact) mass is 419 g/mol. The average Bonchev–Trinajstić information content (AvgIpc) is 3.38. The molecule has 0 unspecified atom stereocenters. The van der Waals surface area contributed by atoms with E-state index in [0.29, 0.717) is 17.3 Å². The molecule has 2 aromatic heterocycles. The zero-order valence-corrected chi connectivity index (χ0v) is 17.7. The first-order valence-electron chi connectivity index (χ1n) is 9.86. The fraction of sp³-hybridized carbons (Fsp3) is 0.261. The van der Waals surface area contributed by atoms with Gasteiger partial charge in [-0.3, -0.25) is 0 Å². The highest BCUT2D eigenvalue weighted by Crippen LogP contribution is 2.31. The number of nitriles is 1. The van der Waals surface area contributed by atoms with E-state index in [1.54, 1.807) is 0 Å². The summed E-state index contributed by atoms with van der Waals surface area (Å²) in [5.74, 6) is 1.08. The van der Waals surface area contributed by atoms with E-state index in [1.807, 2.05) is 30.5 Å². The quantitative estimate of drug-likeness (QED) is 0.512. The molecule has 0 spiro atoms. The Hall–Kier alpha value is -3.14. The molecule has 0 fully saturated rings. The Bertz CT molecular complexity index is 1260. The molecule has 2 aromatic carbocycles. The zero-order chi connectivity index (χ0) is 20.0. The highest BCUT2D eigenvalue weighted by Gasteiger charge is 2.19. The average molecular weight is 420 g/mol. The molecule has 1 N–H and O–H groups in total. The van der Waals surface area contributed by atoms with Crippen molar-refractivity contribution >= 4 is 23.3 Å². The summed E-state index contributed by atoms with van der Waals surface area (Å²) in [4.78, 5) is 4.68. The largest absolute Gasteiger partial charge is 0.344 e. The van der Waals surface area contributed by atoms with Crippen LogP contribution >= 0.6 is 12.4 Å². The van der Waals surface area contributed by atoms with Gasteiger partial charge in [-0.05, 0) is 56.1 Å². The summed E-state index contributed by atoms with van der Waals surface area (Å²) in [5.41, 5.74) is 6.11. The fourth-order valence-corrected chi connectivity index (χ4v) is 4.10. The maximum absolute atomic E-state index is 9.54. The molecule has 1 aliphatic heterocycles. The van der Waals surface area contributed by atoms with Crippen LogP contribution in [0.25, 0.3) is 33.7 Å². The first-order chi connectivity index (χ1) is 14.2. The summed E-state index contributed by atoms with van der Waals surface area (Å²) in [6, 6.07) is 14.8. The molecule has 3 heterocycles. The number of nitrogens with zero attached hydrogens (tertiary/aromatic N) is 4. The first kappa shape index (κ1) is 20.1. The maximum atomic E-state index is 9.54. The summed E-state index contributed by atoms with van der Waals surface area (Å²) in [7, 11) is 0. The number of fused-ring (bicyclic) bond motifs is 2. The van der Waals surface area contributed by atoms with Gasteiger partial charge in [0.2, 0.25) is 5.82 Å².